The molecule has 1 saturated carbocycles. The summed E-state index contributed by atoms with van der Waals surface area (Å²) in [6, 6.07) is -0.769. The predicted molar refractivity (Wildman–Crippen MR) is 60.9 cm³/mol. The van der Waals surface area contributed by atoms with Gasteiger partial charge in [-0.1, -0.05) is 27.7 Å². The van der Waals surface area contributed by atoms with Crippen LogP contribution < -0.4 is 5.32 Å². The minimum Gasteiger partial charge on any atom is -0.480 e. The monoisotopic (exact) mass is 227 g/mol. The number of carboxylic acids is 1. The van der Waals surface area contributed by atoms with Crippen molar-refractivity contribution >= 4 is 11.9 Å². The average Bonchev–Trinajstić information content (AvgIpc) is 2.87. The van der Waals surface area contributed by atoms with Gasteiger partial charge in [-0.2, -0.15) is 0 Å². The molecule has 0 aromatic carbocycles. The number of carbonyl (C=O) groups excluding carboxylic acids is 1. The molecule has 1 aliphatic carbocycles. The minimum absolute atomic E-state index is 0.00176. The van der Waals surface area contributed by atoms with Gasteiger partial charge in [-0.3, -0.25) is 4.79 Å². The highest BCUT2D eigenvalue weighted by Crippen LogP contribution is 2.54. The molecule has 0 bridgehead atoms. The quantitative estimate of drug-likeness (QED) is 0.750. The largest absolute Gasteiger partial charge is 0.480 e. The molecule has 2 N–H and O–H groups in total. The molecule has 0 saturated heterocycles. The summed E-state index contributed by atoms with van der Waals surface area (Å²) >= 11 is 0. The van der Waals surface area contributed by atoms with Gasteiger partial charge in [0, 0.05) is 5.92 Å². The maximum Gasteiger partial charge on any atom is 0.326 e. The zero-order valence-corrected chi connectivity index (χ0v) is 10.4. The standard InChI is InChI=1S/C12H21NO3/c1-5-12(4)6-8(12)10(14)13-9(7(2)3)11(15)16/h7-9H,5-6H2,1-4H3,(H,13,14)(H,15,16)/t8?,9-,12?/m1/s1. The van der Waals surface area contributed by atoms with E-state index in [0.29, 0.717) is 0 Å². The van der Waals surface area contributed by atoms with Crippen molar-refractivity contribution in [2.75, 3.05) is 0 Å². The summed E-state index contributed by atoms with van der Waals surface area (Å²) in [4.78, 5) is 22.8. The van der Waals surface area contributed by atoms with Crippen molar-refractivity contribution in [3.05, 3.63) is 0 Å². The maximum absolute atomic E-state index is 11.8. The third-order valence-corrected chi connectivity index (χ3v) is 3.71. The van der Waals surface area contributed by atoms with E-state index in [9.17, 15) is 9.59 Å². The predicted octanol–water partition coefficient (Wildman–Crippen LogP) is 1.65. The summed E-state index contributed by atoms with van der Waals surface area (Å²) in [6.07, 6.45) is 1.84. The lowest BCUT2D eigenvalue weighted by molar-refractivity contribution is -0.143. The Morgan fingerprint density at radius 2 is 2.06 bits per heavy atom. The second-order valence-electron chi connectivity index (χ2n) is 5.33. The van der Waals surface area contributed by atoms with Gasteiger partial charge in [-0.05, 0) is 24.2 Å². The summed E-state index contributed by atoms with van der Waals surface area (Å²) in [7, 11) is 0. The van der Waals surface area contributed by atoms with Gasteiger partial charge in [0.05, 0.1) is 0 Å². The Morgan fingerprint density at radius 3 is 2.38 bits per heavy atom. The van der Waals surface area contributed by atoms with E-state index in [1.54, 1.807) is 13.8 Å². The van der Waals surface area contributed by atoms with E-state index in [1.165, 1.54) is 0 Å². The zero-order valence-electron chi connectivity index (χ0n) is 10.4. The van der Waals surface area contributed by atoms with Gasteiger partial charge in [0.25, 0.3) is 0 Å². The van der Waals surface area contributed by atoms with Gasteiger partial charge < -0.3 is 10.4 Å². The van der Waals surface area contributed by atoms with Gasteiger partial charge in [0.1, 0.15) is 6.04 Å². The van der Waals surface area contributed by atoms with E-state index >= 15 is 0 Å². The first kappa shape index (κ1) is 13.0. The van der Waals surface area contributed by atoms with Gasteiger partial charge in [0.2, 0.25) is 5.91 Å². The van der Waals surface area contributed by atoms with E-state index in [1.807, 2.05) is 0 Å². The number of rotatable bonds is 5. The first-order chi connectivity index (χ1) is 7.31. The van der Waals surface area contributed by atoms with Crippen molar-refractivity contribution in [2.45, 2.75) is 46.6 Å². The lowest BCUT2D eigenvalue weighted by Crippen LogP contribution is -2.45. The van der Waals surface area contributed by atoms with Crippen LogP contribution in [0.4, 0.5) is 0 Å². The Morgan fingerprint density at radius 1 is 1.50 bits per heavy atom. The number of amides is 1. The second kappa shape index (κ2) is 4.44. The summed E-state index contributed by atoms with van der Waals surface area (Å²) in [5, 5.41) is 11.6. The van der Waals surface area contributed by atoms with Gasteiger partial charge in [0.15, 0.2) is 0 Å². The number of nitrogens with one attached hydrogen (secondary N) is 1. The van der Waals surface area contributed by atoms with Crippen LogP contribution >= 0.6 is 0 Å². The molecule has 0 heterocycles. The van der Waals surface area contributed by atoms with Crippen molar-refractivity contribution in [3.8, 4) is 0 Å². The highest BCUT2D eigenvalue weighted by Gasteiger charge is 2.53. The molecule has 16 heavy (non-hydrogen) atoms. The van der Waals surface area contributed by atoms with E-state index in [2.05, 4.69) is 19.2 Å². The van der Waals surface area contributed by atoms with Crippen LogP contribution in [0.3, 0.4) is 0 Å². The fraction of sp³-hybridized carbons (Fsp3) is 0.833. The lowest BCUT2D eigenvalue weighted by Gasteiger charge is -2.18. The smallest absolute Gasteiger partial charge is 0.326 e. The summed E-state index contributed by atoms with van der Waals surface area (Å²) in [5.41, 5.74) is 0.0874. The Bertz CT molecular complexity index is 301. The van der Waals surface area contributed by atoms with Crippen LogP contribution in [0.15, 0.2) is 0 Å². The first-order valence-electron chi connectivity index (χ1n) is 5.85. The van der Waals surface area contributed by atoms with Crippen LogP contribution in [-0.4, -0.2) is 23.0 Å². The molecule has 1 amide bonds. The molecule has 1 aliphatic rings. The number of aliphatic carboxylic acids is 1. The van der Waals surface area contributed by atoms with Crippen LogP contribution in [0.2, 0.25) is 0 Å². The number of carboxylic acid groups (broad SMARTS) is 1. The minimum atomic E-state index is -0.956. The summed E-state index contributed by atoms with van der Waals surface area (Å²) in [6.45, 7) is 7.72. The molecule has 4 nitrogen and oxygen atoms in total. The molecular formula is C12H21NO3. The van der Waals surface area contributed by atoms with E-state index in [0.717, 1.165) is 12.8 Å². The van der Waals surface area contributed by atoms with Crippen LogP contribution in [0, 0.1) is 17.3 Å². The Balaban J connectivity index is 2.55. The molecule has 0 aromatic rings. The molecule has 0 spiro atoms. The topological polar surface area (TPSA) is 66.4 Å². The molecular weight excluding hydrogens is 206 g/mol. The van der Waals surface area contributed by atoms with E-state index in [-0.39, 0.29) is 23.2 Å². The highest BCUT2D eigenvalue weighted by atomic mass is 16.4. The molecule has 1 fully saturated rings. The Hall–Kier alpha value is -1.06. The molecule has 4 heteroatoms. The SMILES string of the molecule is CCC1(C)CC1C(=O)N[C@@H](C(=O)O)C(C)C. The third kappa shape index (κ3) is 2.54. The normalized spacial score (nSPS) is 29.9. The summed E-state index contributed by atoms with van der Waals surface area (Å²) in [5.74, 6) is -1.15. The van der Waals surface area contributed by atoms with E-state index in [4.69, 9.17) is 5.11 Å². The Kier molecular flexibility index (Phi) is 3.61. The number of hydrogen-bond acceptors (Lipinski definition) is 2. The maximum atomic E-state index is 11.8. The zero-order chi connectivity index (χ0) is 12.5. The molecule has 2 unspecified atom stereocenters. The number of hydrogen-bond donors (Lipinski definition) is 2. The van der Waals surface area contributed by atoms with Crippen LogP contribution in [0.5, 0.6) is 0 Å². The fourth-order valence-corrected chi connectivity index (χ4v) is 1.97. The third-order valence-electron chi connectivity index (χ3n) is 3.71. The van der Waals surface area contributed by atoms with Gasteiger partial charge >= 0.3 is 5.97 Å². The molecule has 1 rings (SSSR count). The molecule has 0 aromatic heterocycles. The van der Waals surface area contributed by atoms with Crippen molar-refractivity contribution in [1.82, 2.24) is 5.32 Å². The Labute approximate surface area is 96.4 Å². The van der Waals surface area contributed by atoms with E-state index < -0.39 is 12.0 Å². The molecule has 92 valence electrons. The highest BCUT2D eigenvalue weighted by molar-refractivity contribution is 5.87. The molecule has 0 aliphatic heterocycles. The summed E-state index contributed by atoms with van der Waals surface area (Å²) < 4.78 is 0. The fourth-order valence-electron chi connectivity index (χ4n) is 1.97. The first-order valence-corrected chi connectivity index (χ1v) is 5.85. The van der Waals surface area contributed by atoms with Crippen molar-refractivity contribution in [2.24, 2.45) is 17.3 Å². The number of carbonyl (C=O) groups is 2. The van der Waals surface area contributed by atoms with Crippen LogP contribution in [0.25, 0.3) is 0 Å². The van der Waals surface area contributed by atoms with Gasteiger partial charge in [-0.15, -0.1) is 0 Å². The molecule has 0 radical (unpaired) electrons. The van der Waals surface area contributed by atoms with Crippen LogP contribution in [-0.2, 0) is 9.59 Å². The van der Waals surface area contributed by atoms with Crippen molar-refractivity contribution in [1.29, 1.82) is 0 Å². The van der Waals surface area contributed by atoms with Gasteiger partial charge in [-0.25, -0.2) is 4.79 Å². The van der Waals surface area contributed by atoms with Crippen molar-refractivity contribution in [3.63, 3.8) is 0 Å². The average molecular weight is 227 g/mol. The second-order valence-corrected chi connectivity index (χ2v) is 5.33. The molecule has 3 atom stereocenters. The van der Waals surface area contributed by atoms with Crippen molar-refractivity contribution < 1.29 is 14.7 Å². The van der Waals surface area contributed by atoms with Crippen LogP contribution in [0.1, 0.15) is 40.5 Å². The lowest BCUT2D eigenvalue weighted by atomic mass is 10.0.